The maximum absolute atomic E-state index is 13.0. The first-order valence-electron chi connectivity index (χ1n) is 11.8. The average Bonchev–Trinajstić information content (AvgIpc) is 3.50. The number of hydrogen-bond acceptors (Lipinski definition) is 5. The van der Waals surface area contributed by atoms with E-state index in [4.69, 9.17) is 21.4 Å². The predicted molar refractivity (Wildman–Crippen MR) is 140 cm³/mol. The number of nitrogens with zero attached hydrogens (tertiary/aromatic N) is 3. The summed E-state index contributed by atoms with van der Waals surface area (Å²) in [6.45, 7) is 5.71. The highest BCUT2D eigenvalue weighted by Crippen LogP contribution is 2.30. The summed E-state index contributed by atoms with van der Waals surface area (Å²) in [5.41, 5.74) is 2.68. The number of rotatable bonds is 8. The molecule has 0 bridgehead atoms. The standard InChI is InChI=1S/C27H28ClN3O2S/c1-19-4-2-14-30(19)15-3-16-33-23-11-7-21(8-12-23)25-26-24(13-17-34-26)27(32)31(29-25)18-20-5-9-22(28)10-6-20/h5-13,17,19H,2-4,14-16,18H2,1H3. The summed E-state index contributed by atoms with van der Waals surface area (Å²) in [7, 11) is 0. The lowest BCUT2D eigenvalue weighted by Crippen LogP contribution is -2.28. The van der Waals surface area contributed by atoms with Crippen LogP contribution in [0.25, 0.3) is 21.3 Å². The van der Waals surface area contributed by atoms with Gasteiger partial charge in [0.2, 0.25) is 0 Å². The normalized spacial score (nSPS) is 16.4. The zero-order valence-corrected chi connectivity index (χ0v) is 20.8. The minimum atomic E-state index is -0.0813. The molecule has 176 valence electrons. The molecule has 34 heavy (non-hydrogen) atoms. The summed E-state index contributed by atoms with van der Waals surface area (Å²) in [6, 6.07) is 18.1. The number of ether oxygens (including phenoxy) is 1. The van der Waals surface area contributed by atoms with Gasteiger partial charge in [-0.1, -0.05) is 23.7 Å². The van der Waals surface area contributed by atoms with Gasteiger partial charge in [0.05, 0.1) is 23.2 Å². The zero-order chi connectivity index (χ0) is 23.5. The molecule has 0 radical (unpaired) electrons. The summed E-state index contributed by atoms with van der Waals surface area (Å²) in [4.78, 5) is 15.6. The average molecular weight is 494 g/mol. The van der Waals surface area contributed by atoms with Crippen LogP contribution in [0.1, 0.15) is 31.7 Å². The van der Waals surface area contributed by atoms with Crippen LogP contribution in [0.3, 0.4) is 0 Å². The zero-order valence-electron chi connectivity index (χ0n) is 19.2. The van der Waals surface area contributed by atoms with E-state index in [1.807, 2.05) is 60.0 Å². The van der Waals surface area contributed by atoms with Gasteiger partial charge >= 0.3 is 0 Å². The first-order valence-corrected chi connectivity index (χ1v) is 13.0. The lowest BCUT2D eigenvalue weighted by Gasteiger charge is -2.20. The Morgan fingerprint density at radius 2 is 1.91 bits per heavy atom. The summed E-state index contributed by atoms with van der Waals surface area (Å²) in [6.07, 6.45) is 3.64. The molecule has 5 rings (SSSR count). The van der Waals surface area contributed by atoms with Gasteiger partial charge in [0, 0.05) is 23.2 Å². The van der Waals surface area contributed by atoms with Gasteiger partial charge in [0.25, 0.3) is 5.56 Å². The Balaban J connectivity index is 1.32. The largest absolute Gasteiger partial charge is 0.494 e. The van der Waals surface area contributed by atoms with Crippen LogP contribution in [-0.4, -0.2) is 40.4 Å². The van der Waals surface area contributed by atoms with Crippen molar-refractivity contribution in [2.24, 2.45) is 0 Å². The number of thiophene rings is 1. The van der Waals surface area contributed by atoms with Gasteiger partial charge < -0.3 is 9.64 Å². The second kappa shape index (κ2) is 10.3. The van der Waals surface area contributed by atoms with E-state index in [0.29, 0.717) is 29.6 Å². The predicted octanol–water partition coefficient (Wildman–Crippen LogP) is 6.08. The second-order valence-corrected chi connectivity index (χ2v) is 10.2. The van der Waals surface area contributed by atoms with Crippen LogP contribution in [0.2, 0.25) is 5.02 Å². The monoisotopic (exact) mass is 493 g/mol. The molecule has 5 nitrogen and oxygen atoms in total. The van der Waals surface area contributed by atoms with Gasteiger partial charge in [-0.05, 0) is 86.1 Å². The lowest BCUT2D eigenvalue weighted by molar-refractivity contribution is 0.230. The van der Waals surface area contributed by atoms with Gasteiger partial charge in [0.15, 0.2) is 0 Å². The van der Waals surface area contributed by atoms with E-state index >= 15 is 0 Å². The first kappa shape index (κ1) is 23.1. The van der Waals surface area contributed by atoms with E-state index in [0.717, 1.165) is 40.2 Å². The molecule has 1 saturated heterocycles. The van der Waals surface area contributed by atoms with Crippen molar-refractivity contribution in [2.45, 2.75) is 38.8 Å². The molecular formula is C27H28ClN3O2S. The number of fused-ring (bicyclic) bond motifs is 1. The Morgan fingerprint density at radius 1 is 1.12 bits per heavy atom. The van der Waals surface area contributed by atoms with E-state index < -0.39 is 0 Å². The van der Waals surface area contributed by atoms with Crippen LogP contribution in [0.15, 0.2) is 64.8 Å². The molecule has 1 aliphatic heterocycles. The molecule has 1 fully saturated rings. The molecule has 2 aromatic heterocycles. The van der Waals surface area contributed by atoms with Crippen molar-refractivity contribution in [3.63, 3.8) is 0 Å². The van der Waals surface area contributed by atoms with Crippen LogP contribution in [0, 0.1) is 0 Å². The number of halogens is 1. The van der Waals surface area contributed by atoms with Gasteiger partial charge in [-0.15, -0.1) is 11.3 Å². The van der Waals surface area contributed by atoms with Gasteiger partial charge in [-0.3, -0.25) is 4.79 Å². The quantitative estimate of drug-likeness (QED) is 0.279. The maximum Gasteiger partial charge on any atom is 0.275 e. The Kier molecular flexibility index (Phi) is 6.99. The van der Waals surface area contributed by atoms with Crippen molar-refractivity contribution in [2.75, 3.05) is 19.7 Å². The molecule has 0 aliphatic carbocycles. The third-order valence-electron chi connectivity index (χ3n) is 6.49. The molecule has 0 amide bonds. The maximum atomic E-state index is 13.0. The van der Waals surface area contributed by atoms with Crippen LogP contribution >= 0.6 is 22.9 Å². The summed E-state index contributed by atoms with van der Waals surface area (Å²) >= 11 is 7.55. The van der Waals surface area contributed by atoms with Crippen LogP contribution < -0.4 is 10.3 Å². The molecular weight excluding hydrogens is 466 g/mol. The van der Waals surface area contributed by atoms with Crippen LogP contribution in [0.5, 0.6) is 5.75 Å². The summed E-state index contributed by atoms with van der Waals surface area (Å²) in [5.74, 6) is 0.857. The molecule has 2 aromatic carbocycles. The van der Waals surface area contributed by atoms with E-state index in [1.54, 1.807) is 11.3 Å². The highest BCUT2D eigenvalue weighted by Gasteiger charge is 2.19. The summed E-state index contributed by atoms with van der Waals surface area (Å²) in [5, 5.41) is 8.07. The first-order chi connectivity index (χ1) is 16.6. The Hall–Kier alpha value is -2.67. The Morgan fingerprint density at radius 3 is 2.65 bits per heavy atom. The van der Waals surface area contributed by atoms with Crippen molar-refractivity contribution in [3.05, 3.63) is 80.9 Å². The van der Waals surface area contributed by atoms with Crippen molar-refractivity contribution < 1.29 is 4.74 Å². The summed E-state index contributed by atoms with van der Waals surface area (Å²) < 4.78 is 8.43. The molecule has 0 spiro atoms. The molecule has 4 aromatic rings. The fourth-order valence-electron chi connectivity index (χ4n) is 4.56. The lowest BCUT2D eigenvalue weighted by atomic mass is 10.1. The van der Waals surface area contributed by atoms with Crippen molar-refractivity contribution in [1.29, 1.82) is 0 Å². The number of aromatic nitrogens is 2. The van der Waals surface area contributed by atoms with E-state index in [1.165, 1.54) is 24.1 Å². The third-order valence-corrected chi connectivity index (χ3v) is 7.66. The highest BCUT2D eigenvalue weighted by atomic mass is 35.5. The second-order valence-electron chi connectivity index (χ2n) is 8.85. The Bertz CT molecular complexity index is 1310. The van der Waals surface area contributed by atoms with E-state index in [-0.39, 0.29) is 5.56 Å². The third kappa shape index (κ3) is 5.04. The van der Waals surface area contributed by atoms with E-state index in [2.05, 4.69) is 11.8 Å². The molecule has 1 aliphatic rings. The Labute approximate surface area is 208 Å². The highest BCUT2D eigenvalue weighted by molar-refractivity contribution is 7.17. The van der Waals surface area contributed by atoms with Gasteiger partial charge in [-0.2, -0.15) is 5.10 Å². The molecule has 0 saturated carbocycles. The number of likely N-dealkylation sites (tertiary alicyclic amines) is 1. The smallest absolute Gasteiger partial charge is 0.275 e. The van der Waals surface area contributed by atoms with Gasteiger partial charge in [0.1, 0.15) is 11.4 Å². The molecule has 1 unspecified atom stereocenters. The van der Waals surface area contributed by atoms with Crippen molar-refractivity contribution >= 4 is 33.0 Å². The fourth-order valence-corrected chi connectivity index (χ4v) is 5.58. The van der Waals surface area contributed by atoms with Crippen molar-refractivity contribution in [1.82, 2.24) is 14.7 Å². The van der Waals surface area contributed by atoms with Crippen molar-refractivity contribution in [3.8, 4) is 17.0 Å². The SMILES string of the molecule is CC1CCCN1CCCOc1ccc(-c2nn(Cc3ccc(Cl)cc3)c(=O)c3ccsc23)cc1. The fraction of sp³-hybridized carbons (Fsp3) is 0.333. The minimum absolute atomic E-state index is 0.0813. The molecule has 0 N–H and O–H groups in total. The molecule has 3 heterocycles. The molecule has 7 heteroatoms. The van der Waals surface area contributed by atoms with Crippen LogP contribution in [0.4, 0.5) is 0 Å². The molecule has 1 atom stereocenters. The number of hydrogen-bond donors (Lipinski definition) is 0. The van der Waals surface area contributed by atoms with E-state index in [9.17, 15) is 4.79 Å². The topological polar surface area (TPSA) is 47.4 Å². The number of benzene rings is 2. The minimum Gasteiger partial charge on any atom is -0.494 e. The van der Waals surface area contributed by atoms with Crippen LogP contribution in [-0.2, 0) is 6.54 Å². The van der Waals surface area contributed by atoms with Gasteiger partial charge in [-0.25, -0.2) is 4.68 Å².